The second-order valence-electron chi connectivity index (χ2n) is 5.21. The summed E-state index contributed by atoms with van der Waals surface area (Å²) in [6.45, 7) is 7.32. The van der Waals surface area contributed by atoms with Gasteiger partial charge in [-0.05, 0) is 45.4 Å². The van der Waals surface area contributed by atoms with Crippen LogP contribution in [0.15, 0.2) is 24.3 Å². The molecule has 1 aromatic carbocycles. The van der Waals surface area contributed by atoms with E-state index in [2.05, 4.69) is 48.3 Å². The number of hydrogen-bond acceptors (Lipinski definition) is 3. The lowest BCUT2D eigenvalue weighted by Gasteiger charge is -2.35. The van der Waals surface area contributed by atoms with E-state index in [0.717, 1.165) is 32.5 Å². The van der Waals surface area contributed by atoms with Crippen molar-refractivity contribution in [1.82, 2.24) is 5.32 Å². The summed E-state index contributed by atoms with van der Waals surface area (Å²) in [5.41, 5.74) is 2.76. The van der Waals surface area contributed by atoms with Gasteiger partial charge in [-0.1, -0.05) is 18.2 Å². The zero-order chi connectivity index (χ0) is 13.7. The van der Waals surface area contributed by atoms with Crippen LogP contribution in [0, 0.1) is 0 Å². The molecule has 0 amide bonds. The van der Waals surface area contributed by atoms with E-state index >= 15 is 0 Å². The average Bonchev–Trinajstić information content (AvgIpc) is 2.47. The first-order chi connectivity index (χ1) is 9.26. The SMILES string of the molecule is CCOC1CCN(c2ccccc2C(C)NC)CC1. The normalized spacial score (nSPS) is 18.6. The minimum Gasteiger partial charge on any atom is -0.378 e. The fourth-order valence-electron chi connectivity index (χ4n) is 2.80. The number of ether oxygens (including phenoxy) is 1. The van der Waals surface area contributed by atoms with Crippen molar-refractivity contribution in [2.24, 2.45) is 0 Å². The van der Waals surface area contributed by atoms with Crippen molar-refractivity contribution in [3.05, 3.63) is 29.8 Å². The molecule has 1 aliphatic rings. The Morgan fingerprint density at radius 1 is 1.32 bits per heavy atom. The van der Waals surface area contributed by atoms with Gasteiger partial charge in [-0.2, -0.15) is 0 Å². The van der Waals surface area contributed by atoms with Crippen molar-refractivity contribution in [3.8, 4) is 0 Å². The van der Waals surface area contributed by atoms with E-state index in [0.29, 0.717) is 12.1 Å². The monoisotopic (exact) mass is 262 g/mol. The molecule has 3 nitrogen and oxygen atoms in total. The van der Waals surface area contributed by atoms with Crippen molar-refractivity contribution < 1.29 is 4.74 Å². The van der Waals surface area contributed by atoms with Gasteiger partial charge < -0.3 is 15.0 Å². The summed E-state index contributed by atoms with van der Waals surface area (Å²) in [5.74, 6) is 0. The summed E-state index contributed by atoms with van der Waals surface area (Å²) < 4.78 is 5.73. The van der Waals surface area contributed by atoms with E-state index in [9.17, 15) is 0 Å². The van der Waals surface area contributed by atoms with E-state index in [1.165, 1.54) is 11.3 Å². The molecule has 1 aromatic rings. The lowest BCUT2D eigenvalue weighted by Crippen LogP contribution is -2.37. The van der Waals surface area contributed by atoms with Crippen molar-refractivity contribution in [2.45, 2.75) is 38.8 Å². The van der Waals surface area contributed by atoms with Gasteiger partial charge in [0.1, 0.15) is 0 Å². The minimum atomic E-state index is 0.390. The molecule has 3 heteroatoms. The first kappa shape index (κ1) is 14.4. The molecule has 19 heavy (non-hydrogen) atoms. The zero-order valence-electron chi connectivity index (χ0n) is 12.4. The molecule has 0 aliphatic carbocycles. The number of para-hydroxylation sites is 1. The second-order valence-corrected chi connectivity index (χ2v) is 5.21. The maximum Gasteiger partial charge on any atom is 0.0608 e. The average molecular weight is 262 g/mol. The standard InChI is InChI=1S/C16H26N2O/c1-4-19-14-9-11-18(12-10-14)16-8-6-5-7-15(16)13(2)17-3/h5-8,13-14,17H,4,9-12H2,1-3H3. The molecule has 1 fully saturated rings. The van der Waals surface area contributed by atoms with Crippen LogP contribution in [-0.4, -0.2) is 32.8 Å². The molecule has 2 rings (SSSR count). The molecule has 0 bridgehead atoms. The molecule has 1 atom stereocenters. The highest BCUT2D eigenvalue weighted by Gasteiger charge is 2.21. The molecule has 106 valence electrons. The number of hydrogen-bond donors (Lipinski definition) is 1. The topological polar surface area (TPSA) is 24.5 Å². The van der Waals surface area contributed by atoms with Gasteiger partial charge in [-0.3, -0.25) is 0 Å². The second kappa shape index (κ2) is 6.92. The first-order valence-corrected chi connectivity index (χ1v) is 7.39. The molecule has 1 N–H and O–H groups in total. The van der Waals surface area contributed by atoms with E-state index in [4.69, 9.17) is 4.74 Å². The third-order valence-electron chi connectivity index (χ3n) is 4.02. The molecule has 0 aromatic heterocycles. The summed E-state index contributed by atoms with van der Waals surface area (Å²) in [6.07, 6.45) is 2.72. The Hall–Kier alpha value is -1.06. The predicted octanol–water partition coefficient (Wildman–Crippen LogP) is 2.97. The van der Waals surface area contributed by atoms with E-state index in [1.54, 1.807) is 0 Å². The van der Waals surface area contributed by atoms with Crippen LogP contribution in [0.3, 0.4) is 0 Å². The molecule has 0 radical (unpaired) electrons. The number of benzene rings is 1. The highest BCUT2D eigenvalue weighted by atomic mass is 16.5. The van der Waals surface area contributed by atoms with Crippen LogP contribution in [0.1, 0.15) is 38.3 Å². The first-order valence-electron chi connectivity index (χ1n) is 7.39. The van der Waals surface area contributed by atoms with Crippen LogP contribution in [0.4, 0.5) is 5.69 Å². The number of anilines is 1. The summed E-state index contributed by atoms with van der Waals surface area (Å²) >= 11 is 0. The smallest absolute Gasteiger partial charge is 0.0608 e. The van der Waals surface area contributed by atoms with Crippen molar-refractivity contribution in [3.63, 3.8) is 0 Å². The number of rotatable bonds is 5. The Morgan fingerprint density at radius 2 is 2.00 bits per heavy atom. The fraction of sp³-hybridized carbons (Fsp3) is 0.625. The molecule has 0 saturated carbocycles. The van der Waals surface area contributed by atoms with E-state index < -0.39 is 0 Å². The summed E-state index contributed by atoms with van der Waals surface area (Å²) in [7, 11) is 2.02. The largest absolute Gasteiger partial charge is 0.378 e. The molecule has 1 unspecified atom stereocenters. The predicted molar refractivity (Wildman–Crippen MR) is 80.8 cm³/mol. The van der Waals surface area contributed by atoms with Gasteiger partial charge in [0.25, 0.3) is 0 Å². The summed E-state index contributed by atoms with van der Waals surface area (Å²) in [4.78, 5) is 2.50. The quantitative estimate of drug-likeness (QED) is 0.883. The van der Waals surface area contributed by atoms with Crippen LogP contribution in [-0.2, 0) is 4.74 Å². The molecule has 1 heterocycles. The Kier molecular flexibility index (Phi) is 5.23. The number of piperidine rings is 1. The highest BCUT2D eigenvalue weighted by Crippen LogP contribution is 2.28. The third kappa shape index (κ3) is 3.48. The molecule has 1 aliphatic heterocycles. The third-order valence-corrected chi connectivity index (χ3v) is 4.02. The van der Waals surface area contributed by atoms with Gasteiger partial charge in [0.15, 0.2) is 0 Å². The van der Waals surface area contributed by atoms with Gasteiger partial charge in [-0.15, -0.1) is 0 Å². The van der Waals surface area contributed by atoms with Crippen LogP contribution in [0.5, 0.6) is 0 Å². The van der Waals surface area contributed by atoms with Gasteiger partial charge in [-0.25, -0.2) is 0 Å². The van der Waals surface area contributed by atoms with Gasteiger partial charge in [0.2, 0.25) is 0 Å². The zero-order valence-corrected chi connectivity index (χ0v) is 12.4. The number of nitrogens with zero attached hydrogens (tertiary/aromatic N) is 1. The summed E-state index contributed by atoms with van der Waals surface area (Å²) in [6, 6.07) is 9.12. The Bertz CT molecular complexity index is 386. The van der Waals surface area contributed by atoms with Crippen LogP contribution >= 0.6 is 0 Å². The van der Waals surface area contributed by atoms with Gasteiger partial charge >= 0.3 is 0 Å². The number of nitrogens with one attached hydrogen (secondary N) is 1. The maximum atomic E-state index is 5.73. The Balaban J connectivity index is 2.07. The van der Waals surface area contributed by atoms with E-state index in [-0.39, 0.29) is 0 Å². The highest BCUT2D eigenvalue weighted by molar-refractivity contribution is 5.55. The Morgan fingerprint density at radius 3 is 2.63 bits per heavy atom. The molecular weight excluding hydrogens is 236 g/mol. The van der Waals surface area contributed by atoms with Crippen molar-refractivity contribution in [2.75, 3.05) is 31.6 Å². The van der Waals surface area contributed by atoms with Crippen LogP contribution < -0.4 is 10.2 Å². The van der Waals surface area contributed by atoms with Crippen LogP contribution in [0.25, 0.3) is 0 Å². The van der Waals surface area contributed by atoms with Gasteiger partial charge in [0.05, 0.1) is 6.10 Å². The maximum absolute atomic E-state index is 5.73. The molecule has 1 saturated heterocycles. The van der Waals surface area contributed by atoms with E-state index in [1.807, 2.05) is 7.05 Å². The van der Waals surface area contributed by atoms with Crippen molar-refractivity contribution >= 4 is 5.69 Å². The lowest BCUT2D eigenvalue weighted by molar-refractivity contribution is 0.0459. The molecular formula is C16H26N2O. The molecule has 0 spiro atoms. The van der Waals surface area contributed by atoms with Crippen molar-refractivity contribution in [1.29, 1.82) is 0 Å². The minimum absolute atomic E-state index is 0.390. The van der Waals surface area contributed by atoms with Crippen LogP contribution in [0.2, 0.25) is 0 Å². The summed E-state index contributed by atoms with van der Waals surface area (Å²) in [5, 5.41) is 3.34. The fourth-order valence-corrected chi connectivity index (χ4v) is 2.80. The Labute approximate surface area is 116 Å². The van der Waals surface area contributed by atoms with Gasteiger partial charge in [0, 0.05) is 31.4 Å². The lowest BCUT2D eigenvalue weighted by atomic mass is 10.0.